The largest absolute Gasteiger partial charge is 0.457 e. The summed E-state index contributed by atoms with van der Waals surface area (Å²) in [5.74, 6) is -0.179. The van der Waals surface area contributed by atoms with Gasteiger partial charge in [-0.1, -0.05) is 67.6 Å². The molecule has 0 saturated heterocycles. The van der Waals surface area contributed by atoms with Gasteiger partial charge in [0, 0.05) is 0 Å². The summed E-state index contributed by atoms with van der Waals surface area (Å²) in [5.41, 5.74) is 2.03. The predicted octanol–water partition coefficient (Wildman–Crippen LogP) is 3.92. The summed E-state index contributed by atoms with van der Waals surface area (Å²) in [5, 5.41) is 0. The summed E-state index contributed by atoms with van der Waals surface area (Å²) in [6, 6.07) is 19.5. The smallest absolute Gasteiger partial charge is 0.310 e. The van der Waals surface area contributed by atoms with E-state index in [1.54, 1.807) is 0 Å². The molecule has 1 atom stereocenters. The molecular formula is C17H18O2. The third-order valence-corrected chi connectivity index (χ3v) is 3.01. The molecular weight excluding hydrogens is 236 g/mol. The maximum absolute atomic E-state index is 11.9. The monoisotopic (exact) mass is 254 g/mol. The van der Waals surface area contributed by atoms with Crippen molar-refractivity contribution in [2.45, 2.75) is 25.9 Å². The van der Waals surface area contributed by atoms with E-state index in [0.29, 0.717) is 6.42 Å². The van der Waals surface area contributed by atoms with Crippen LogP contribution in [0.15, 0.2) is 60.7 Å². The molecule has 0 bridgehead atoms. The lowest BCUT2D eigenvalue weighted by atomic mass is 10.1. The highest BCUT2D eigenvalue weighted by Gasteiger charge is 2.14. The number of benzene rings is 2. The molecule has 0 radical (unpaired) electrons. The van der Waals surface area contributed by atoms with Crippen LogP contribution in [0.1, 0.15) is 30.6 Å². The first kappa shape index (κ1) is 13.3. The van der Waals surface area contributed by atoms with Gasteiger partial charge in [-0.25, -0.2) is 0 Å². The van der Waals surface area contributed by atoms with Crippen molar-refractivity contribution in [2.75, 3.05) is 0 Å². The van der Waals surface area contributed by atoms with Gasteiger partial charge in [-0.3, -0.25) is 4.79 Å². The first-order chi connectivity index (χ1) is 9.29. The van der Waals surface area contributed by atoms with Crippen molar-refractivity contribution in [3.8, 4) is 0 Å². The highest BCUT2D eigenvalue weighted by atomic mass is 16.5. The van der Waals surface area contributed by atoms with Crippen molar-refractivity contribution in [1.29, 1.82) is 0 Å². The Kier molecular flexibility index (Phi) is 4.73. The molecule has 2 heteroatoms. The second-order valence-corrected chi connectivity index (χ2v) is 4.46. The van der Waals surface area contributed by atoms with Crippen LogP contribution < -0.4 is 0 Å². The van der Waals surface area contributed by atoms with E-state index in [1.165, 1.54) is 0 Å². The van der Waals surface area contributed by atoms with E-state index in [1.807, 2.05) is 67.6 Å². The quantitative estimate of drug-likeness (QED) is 0.756. The lowest BCUT2D eigenvalue weighted by molar-refractivity contribution is -0.148. The standard InChI is InChI=1S/C17H18O2/c1-2-16(15-11-7-4-8-12-15)19-17(18)13-14-9-5-3-6-10-14/h3-12,16H,2,13H2,1H3/t16-/m1/s1. The van der Waals surface area contributed by atoms with E-state index in [-0.39, 0.29) is 12.1 Å². The van der Waals surface area contributed by atoms with Gasteiger partial charge >= 0.3 is 5.97 Å². The zero-order chi connectivity index (χ0) is 13.5. The number of esters is 1. The molecule has 0 spiro atoms. The lowest BCUT2D eigenvalue weighted by Crippen LogP contribution is -2.13. The summed E-state index contributed by atoms with van der Waals surface area (Å²) in [7, 11) is 0. The van der Waals surface area contributed by atoms with Gasteiger partial charge in [0.05, 0.1) is 6.42 Å². The highest BCUT2D eigenvalue weighted by molar-refractivity contribution is 5.72. The van der Waals surface area contributed by atoms with Crippen LogP contribution in [0.4, 0.5) is 0 Å². The molecule has 0 unspecified atom stereocenters. The van der Waals surface area contributed by atoms with E-state index in [9.17, 15) is 4.79 Å². The van der Waals surface area contributed by atoms with Crippen LogP contribution in [0.5, 0.6) is 0 Å². The van der Waals surface area contributed by atoms with Crippen LogP contribution in [-0.4, -0.2) is 5.97 Å². The fourth-order valence-electron chi connectivity index (χ4n) is 2.02. The Morgan fingerprint density at radius 1 is 1.00 bits per heavy atom. The number of ether oxygens (including phenoxy) is 1. The van der Waals surface area contributed by atoms with E-state index in [0.717, 1.165) is 17.5 Å². The number of hydrogen-bond acceptors (Lipinski definition) is 2. The second-order valence-electron chi connectivity index (χ2n) is 4.46. The molecule has 2 rings (SSSR count). The molecule has 0 aromatic heterocycles. The van der Waals surface area contributed by atoms with Crippen LogP contribution in [-0.2, 0) is 16.0 Å². The fraction of sp³-hybridized carbons (Fsp3) is 0.235. The Bertz CT molecular complexity index is 505. The molecule has 2 aromatic carbocycles. The van der Waals surface area contributed by atoms with Crippen LogP contribution >= 0.6 is 0 Å². The molecule has 0 aliphatic heterocycles. The van der Waals surface area contributed by atoms with Crippen molar-refractivity contribution in [2.24, 2.45) is 0 Å². The molecule has 0 fully saturated rings. The van der Waals surface area contributed by atoms with Crippen LogP contribution in [0.3, 0.4) is 0 Å². The fourth-order valence-corrected chi connectivity index (χ4v) is 2.02. The minimum absolute atomic E-state index is 0.155. The van der Waals surface area contributed by atoms with E-state index < -0.39 is 0 Å². The van der Waals surface area contributed by atoms with Crippen molar-refractivity contribution in [3.05, 3.63) is 71.8 Å². The Balaban J connectivity index is 1.97. The lowest BCUT2D eigenvalue weighted by Gasteiger charge is -2.16. The van der Waals surface area contributed by atoms with Gasteiger partial charge in [-0.2, -0.15) is 0 Å². The maximum Gasteiger partial charge on any atom is 0.310 e. The van der Waals surface area contributed by atoms with Gasteiger partial charge in [-0.05, 0) is 17.5 Å². The third-order valence-electron chi connectivity index (χ3n) is 3.01. The summed E-state index contributed by atoms with van der Waals surface area (Å²) in [6.07, 6.45) is 0.951. The van der Waals surface area contributed by atoms with E-state index in [4.69, 9.17) is 4.74 Å². The summed E-state index contributed by atoms with van der Waals surface area (Å²) < 4.78 is 5.55. The molecule has 0 saturated carbocycles. The third kappa shape index (κ3) is 3.95. The summed E-state index contributed by atoms with van der Waals surface area (Å²) in [4.78, 5) is 11.9. The topological polar surface area (TPSA) is 26.3 Å². The Morgan fingerprint density at radius 2 is 1.58 bits per heavy atom. The second kappa shape index (κ2) is 6.74. The first-order valence-electron chi connectivity index (χ1n) is 6.58. The van der Waals surface area contributed by atoms with Crippen LogP contribution in [0, 0.1) is 0 Å². The minimum Gasteiger partial charge on any atom is -0.457 e. The van der Waals surface area contributed by atoms with E-state index in [2.05, 4.69) is 0 Å². The van der Waals surface area contributed by atoms with Gasteiger partial charge in [0.15, 0.2) is 0 Å². The highest BCUT2D eigenvalue weighted by Crippen LogP contribution is 2.21. The molecule has 2 nitrogen and oxygen atoms in total. The Labute approximate surface area is 114 Å². The minimum atomic E-state index is -0.179. The average molecular weight is 254 g/mol. The zero-order valence-electron chi connectivity index (χ0n) is 11.1. The molecule has 0 aliphatic rings. The first-order valence-corrected chi connectivity index (χ1v) is 6.58. The van der Waals surface area contributed by atoms with Crippen molar-refractivity contribution in [1.82, 2.24) is 0 Å². The predicted molar refractivity (Wildman–Crippen MR) is 75.7 cm³/mol. The molecule has 0 aliphatic carbocycles. The summed E-state index contributed by atoms with van der Waals surface area (Å²) in [6.45, 7) is 2.02. The Morgan fingerprint density at radius 3 is 2.16 bits per heavy atom. The molecule has 0 amide bonds. The summed E-state index contributed by atoms with van der Waals surface area (Å²) >= 11 is 0. The van der Waals surface area contributed by atoms with E-state index >= 15 is 0 Å². The molecule has 2 aromatic rings. The number of carbonyl (C=O) groups is 1. The SMILES string of the molecule is CC[C@@H](OC(=O)Cc1ccccc1)c1ccccc1. The molecule has 0 N–H and O–H groups in total. The molecule has 98 valence electrons. The average Bonchev–Trinajstić information content (AvgIpc) is 2.47. The number of hydrogen-bond donors (Lipinski definition) is 0. The van der Waals surface area contributed by atoms with Crippen molar-refractivity contribution >= 4 is 5.97 Å². The number of rotatable bonds is 5. The van der Waals surface area contributed by atoms with Gasteiger partial charge in [0.1, 0.15) is 6.10 Å². The molecule has 0 heterocycles. The number of carbonyl (C=O) groups excluding carboxylic acids is 1. The normalized spacial score (nSPS) is 11.8. The van der Waals surface area contributed by atoms with Crippen molar-refractivity contribution < 1.29 is 9.53 Å². The maximum atomic E-state index is 11.9. The van der Waals surface area contributed by atoms with Crippen LogP contribution in [0.25, 0.3) is 0 Å². The van der Waals surface area contributed by atoms with Gasteiger partial charge in [-0.15, -0.1) is 0 Å². The van der Waals surface area contributed by atoms with Gasteiger partial charge < -0.3 is 4.74 Å². The Hall–Kier alpha value is -2.09. The molecule has 19 heavy (non-hydrogen) atoms. The zero-order valence-corrected chi connectivity index (χ0v) is 11.1. The van der Waals surface area contributed by atoms with Crippen molar-refractivity contribution in [3.63, 3.8) is 0 Å². The van der Waals surface area contributed by atoms with Gasteiger partial charge in [0.2, 0.25) is 0 Å². The van der Waals surface area contributed by atoms with Crippen LogP contribution in [0.2, 0.25) is 0 Å². The van der Waals surface area contributed by atoms with Gasteiger partial charge in [0.25, 0.3) is 0 Å².